The summed E-state index contributed by atoms with van der Waals surface area (Å²) in [5, 5.41) is 16.9. The zero-order valence-corrected chi connectivity index (χ0v) is 9.79. The SMILES string of the molecule is CCc1nn(C)cc1-c1nc(C(N)CO)no1. The molecule has 2 aromatic rings. The van der Waals surface area contributed by atoms with Crippen molar-refractivity contribution in [1.29, 1.82) is 0 Å². The van der Waals surface area contributed by atoms with E-state index in [1.165, 1.54) is 0 Å². The Hall–Kier alpha value is -1.73. The van der Waals surface area contributed by atoms with Crippen molar-refractivity contribution in [2.75, 3.05) is 6.61 Å². The van der Waals surface area contributed by atoms with Crippen LogP contribution >= 0.6 is 0 Å². The van der Waals surface area contributed by atoms with Crippen molar-refractivity contribution in [3.63, 3.8) is 0 Å². The monoisotopic (exact) mass is 237 g/mol. The average molecular weight is 237 g/mol. The Morgan fingerprint density at radius 3 is 3.00 bits per heavy atom. The molecule has 0 amide bonds. The molecular formula is C10H15N5O2. The fourth-order valence-electron chi connectivity index (χ4n) is 1.55. The van der Waals surface area contributed by atoms with Gasteiger partial charge >= 0.3 is 0 Å². The highest BCUT2D eigenvalue weighted by molar-refractivity contribution is 5.55. The van der Waals surface area contributed by atoms with Gasteiger partial charge in [0.15, 0.2) is 5.82 Å². The molecule has 92 valence electrons. The minimum Gasteiger partial charge on any atom is -0.394 e. The summed E-state index contributed by atoms with van der Waals surface area (Å²) in [5.41, 5.74) is 7.30. The third-order valence-electron chi connectivity index (χ3n) is 2.44. The predicted octanol–water partition coefficient (Wildman–Crippen LogP) is 0.0246. The van der Waals surface area contributed by atoms with Gasteiger partial charge in [0.05, 0.1) is 23.9 Å². The maximum atomic E-state index is 8.91. The lowest BCUT2D eigenvalue weighted by atomic mass is 10.2. The maximum Gasteiger partial charge on any atom is 0.261 e. The van der Waals surface area contributed by atoms with Crippen LogP contribution in [-0.2, 0) is 13.5 Å². The number of aliphatic hydroxyl groups is 1. The van der Waals surface area contributed by atoms with Crippen LogP contribution in [0.5, 0.6) is 0 Å². The van der Waals surface area contributed by atoms with E-state index in [1.54, 1.807) is 4.68 Å². The van der Waals surface area contributed by atoms with Crippen LogP contribution in [0.25, 0.3) is 11.5 Å². The predicted molar refractivity (Wildman–Crippen MR) is 59.9 cm³/mol. The van der Waals surface area contributed by atoms with E-state index in [4.69, 9.17) is 15.4 Å². The summed E-state index contributed by atoms with van der Waals surface area (Å²) in [4.78, 5) is 4.16. The van der Waals surface area contributed by atoms with E-state index in [-0.39, 0.29) is 6.61 Å². The van der Waals surface area contributed by atoms with Crippen molar-refractivity contribution in [2.24, 2.45) is 12.8 Å². The first-order valence-corrected chi connectivity index (χ1v) is 5.38. The zero-order chi connectivity index (χ0) is 12.4. The third kappa shape index (κ3) is 2.20. The summed E-state index contributed by atoms with van der Waals surface area (Å²) in [5.74, 6) is 0.683. The van der Waals surface area contributed by atoms with Crippen molar-refractivity contribution in [3.05, 3.63) is 17.7 Å². The minimum absolute atomic E-state index is 0.216. The lowest BCUT2D eigenvalue weighted by Crippen LogP contribution is -2.15. The van der Waals surface area contributed by atoms with Gasteiger partial charge in [0.2, 0.25) is 0 Å². The van der Waals surface area contributed by atoms with E-state index in [9.17, 15) is 0 Å². The van der Waals surface area contributed by atoms with Crippen LogP contribution in [-0.4, -0.2) is 31.6 Å². The number of hydrogen-bond donors (Lipinski definition) is 2. The van der Waals surface area contributed by atoms with Gasteiger partial charge in [-0.3, -0.25) is 4.68 Å². The Balaban J connectivity index is 2.36. The highest BCUT2D eigenvalue weighted by Gasteiger charge is 2.18. The minimum atomic E-state index is -0.616. The number of nitrogens with zero attached hydrogens (tertiary/aromatic N) is 4. The molecule has 1 unspecified atom stereocenters. The Morgan fingerprint density at radius 1 is 1.59 bits per heavy atom. The second-order valence-electron chi connectivity index (χ2n) is 3.76. The van der Waals surface area contributed by atoms with Gasteiger partial charge in [0.1, 0.15) is 0 Å². The standard InChI is InChI=1S/C10H15N5O2/c1-3-8-6(4-15(2)13-8)10-12-9(14-17-10)7(11)5-16/h4,7,16H,3,5,11H2,1-2H3. The summed E-state index contributed by atoms with van der Waals surface area (Å²) >= 11 is 0. The molecule has 7 nitrogen and oxygen atoms in total. The molecule has 0 aliphatic rings. The molecule has 0 saturated carbocycles. The number of rotatable bonds is 4. The summed E-state index contributed by atoms with van der Waals surface area (Å²) in [6.07, 6.45) is 2.60. The molecule has 2 rings (SSSR count). The van der Waals surface area contributed by atoms with E-state index in [0.717, 1.165) is 17.7 Å². The van der Waals surface area contributed by atoms with Gasteiger partial charge < -0.3 is 15.4 Å². The maximum absolute atomic E-state index is 8.91. The second-order valence-corrected chi connectivity index (χ2v) is 3.76. The normalized spacial score (nSPS) is 12.9. The Morgan fingerprint density at radius 2 is 2.35 bits per heavy atom. The van der Waals surface area contributed by atoms with Crippen LogP contribution in [0.4, 0.5) is 0 Å². The lowest BCUT2D eigenvalue weighted by molar-refractivity contribution is 0.260. The van der Waals surface area contributed by atoms with E-state index >= 15 is 0 Å². The van der Waals surface area contributed by atoms with Crippen molar-refractivity contribution < 1.29 is 9.63 Å². The van der Waals surface area contributed by atoms with E-state index < -0.39 is 6.04 Å². The van der Waals surface area contributed by atoms with Crippen LogP contribution in [0.3, 0.4) is 0 Å². The van der Waals surface area contributed by atoms with Crippen LogP contribution in [0.1, 0.15) is 24.5 Å². The first-order chi connectivity index (χ1) is 8.15. The van der Waals surface area contributed by atoms with Crippen LogP contribution in [0.15, 0.2) is 10.7 Å². The average Bonchev–Trinajstić information content (AvgIpc) is 2.93. The number of aryl methyl sites for hydroxylation is 2. The summed E-state index contributed by atoms with van der Waals surface area (Å²) in [7, 11) is 1.83. The molecule has 2 heterocycles. The highest BCUT2D eigenvalue weighted by Crippen LogP contribution is 2.22. The van der Waals surface area contributed by atoms with Crippen molar-refractivity contribution >= 4 is 0 Å². The Kier molecular flexibility index (Phi) is 3.21. The molecule has 2 aromatic heterocycles. The second kappa shape index (κ2) is 4.64. The number of aliphatic hydroxyl groups excluding tert-OH is 1. The highest BCUT2D eigenvalue weighted by atomic mass is 16.5. The largest absolute Gasteiger partial charge is 0.394 e. The fraction of sp³-hybridized carbons (Fsp3) is 0.500. The van der Waals surface area contributed by atoms with Crippen molar-refractivity contribution in [2.45, 2.75) is 19.4 Å². The third-order valence-corrected chi connectivity index (χ3v) is 2.44. The zero-order valence-electron chi connectivity index (χ0n) is 9.79. The molecule has 0 aromatic carbocycles. The van der Waals surface area contributed by atoms with Gasteiger partial charge in [-0.25, -0.2) is 0 Å². The van der Waals surface area contributed by atoms with E-state index in [1.807, 2.05) is 20.2 Å². The topological polar surface area (TPSA) is 103 Å². The fourth-order valence-corrected chi connectivity index (χ4v) is 1.55. The van der Waals surface area contributed by atoms with E-state index in [0.29, 0.717) is 11.7 Å². The van der Waals surface area contributed by atoms with Gasteiger partial charge in [-0.15, -0.1) is 0 Å². The molecule has 0 aliphatic heterocycles. The lowest BCUT2D eigenvalue weighted by Gasteiger charge is -1.98. The summed E-state index contributed by atoms with van der Waals surface area (Å²) in [6.45, 7) is 1.79. The van der Waals surface area contributed by atoms with Gasteiger partial charge in [-0.1, -0.05) is 12.1 Å². The molecule has 0 bridgehead atoms. The molecule has 0 saturated heterocycles. The first-order valence-electron chi connectivity index (χ1n) is 5.38. The first kappa shape index (κ1) is 11.7. The van der Waals surface area contributed by atoms with Crippen LogP contribution in [0.2, 0.25) is 0 Å². The summed E-state index contributed by atoms with van der Waals surface area (Å²) < 4.78 is 6.82. The van der Waals surface area contributed by atoms with Gasteiger partial charge in [0, 0.05) is 13.2 Å². The number of nitrogens with two attached hydrogens (primary N) is 1. The smallest absolute Gasteiger partial charge is 0.261 e. The van der Waals surface area contributed by atoms with E-state index in [2.05, 4.69) is 15.2 Å². The van der Waals surface area contributed by atoms with Crippen LogP contribution < -0.4 is 5.73 Å². The van der Waals surface area contributed by atoms with Gasteiger partial charge in [0.25, 0.3) is 5.89 Å². The molecule has 3 N–H and O–H groups in total. The summed E-state index contributed by atoms with van der Waals surface area (Å²) in [6, 6.07) is -0.616. The Bertz CT molecular complexity index is 505. The quantitative estimate of drug-likeness (QED) is 0.777. The van der Waals surface area contributed by atoms with Crippen LogP contribution in [0, 0.1) is 0 Å². The molecular weight excluding hydrogens is 222 g/mol. The molecule has 1 atom stereocenters. The number of hydrogen-bond acceptors (Lipinski definition) is 6. The molecule has 0 radical (unpaired) electrons. The van der Waals surface area contributed by atoms with Gasteiger partial charge in [-0.2, -0.15) is 10.1 Å². The Labute approximate surface area is 98.2 Å². The molecule has 7 heteroatoms. The van der Waals surface area contributed by atoms with Crippen molar-refractivity contribution in [3.8, 4) is 11.5 Å². The molecule has 0 fully saturated rings. The molecule has 0 aliphatic carbocycles. The van der Waals surface area contributed by atoms with Crippen molar-refractivity contribution in [1.82, 2.24) is 19.9 Å². The van der Waals surface area contributed by atoms with Gasteiger partial charge in [-0.05, 0) is 6.42 Å². The molecule has 0 spiro atoms. The number of aromatic nitrogens is 4. The molecule has 17 heavy (non-hydrogen) atoms.